The Labute approximate surface area is 260 Å². The Morgan fingerprint density at radius 1 is 0.326 bits per heavy atom. The van der Waals surface area contributed by atoms with Crippen LogP contribution < -0.4 is 0 Å². The molecule has 6 aromatic rings. The second-order valence-corrected chi connectivity index (χ2v) is 19.8. The van der Waals surface area contributed by atoms with E-state index in [0.717, 1.165) is 11.1 Å². The van der Waals surface area contributed by atoms with Crippen molar-refractivity contribution in [3.05, 3.63) is 215 Å². The monoisotopic (exact) mass is 668 g/mol. The van der Waals surface area contributed by atoms with Gasteiger partial charge >= 0.3 is 262 Å². The zero-order valence-corrected chi connectivity index (χ0v) is 27.1. The van der Waals surface area contributed by atoms with E-state index in [2.05, 4.69) is 182 Å². The van der Waals surface area contributed by atoms with Crippen molar-refractivity contribution < 1.29 is 6.15 Å². The van der Waals surface area contributed by atoms with Crippen LogP contribution in [0.2, 0.25) is 0 Å². The SMILES string of the molecule is c1ccc(C[O][Sn]([O]Cc2ccccc2)([CH](c2ccccc2)c2ccccc2)[CH](c2ccccc2)c2ccccc2)cc1. The van der Waals surface area contributed by atoms with E-state index in [0.29, 0.717) is 13.2 Å². The summed E-state index contributed by atoms with van der Waals surface area (Å²) in [5.74, 6) is 0. The minimum absolute atomic E-state index is 0.0467. The second-order valence-electron chi connectivity index (χ2n) is 10.8. The number of rotatable bonds is 12. The van der Waals surface area contributed by atoms with Gasteiger partial charge in [-0.15, -0.1) is 0 Å². The Bertz CT molecular complexity index is 1440. The van der Waals surface area contributed by atoms with Gasteiger partial charge in [-0.3, -0.25) is 0 Å². The summed E-state index contributed by atoms with van der Waals surface area (Å²) < 4.78 is 15.0. The maximum atomic E-state index is 7.57. The molecule has 0 amide bonds. The number of benzene rings is 6. The Balaban J connectivity index is 1.63. The fourth-order valence-corrected chi connectivity index (χ4v) is 18.8. The predicted octanol–water partition coefficient (Wildman–Crippen LogP) is 9.60. The van der Waals surface area contributed by atoms with Crippen LogP contribution in [0.15, 0.2) is 182 Å². The summed E-state index contributed by atoms with van der Waals surface area (Å²) in [6.45, 7) is 0.968. The molecule has 0 unspecified atom stereocenters. The summed E-state index contributed by atoms with van der Waals surface area (Å²) in [6, 6.07) is 64.4. The first-order valence-corrected chi connectivity index (χ1v) is 20.5. The molecule has 3 heteroatoms. The van der Waals surface area contributed by atoms with E-state index < -0.39 is 19.2 Å². The van der Waals surface area contributed by atoms with Crippen molar-refractivity contribution in [2.75, 3.05) is 0 Å². The van der Waals surface area contributed by atoms with Gasteiger partial charge in [-0.1, -0.05) is 0 Å². The second kappa shape index (κ2) is 14.5. The van der Waals surface area contributed by atoms with Crippen LogP contribution in [0.4, 0.5) is 0 Å². The van der Waals surface area contributed by atoms with Gasteiger partial charge in [0.2, 0.25) is 0 Å². The van der Waals surface area contributed by atoms with Crippen LogP contribution in [-0.4, -0.2) is 19.2 Å². The molecule has 212 valence electrons. The topological polar surface area (TPSA) is 18.5 Å². The Hall–Kier alpha value is -3.96. The number of hydrogen-bond donors (Lipinski definition) is 0. The Morgan fingerprint density at radius 3 is 0.814 bits per heavy atom. The van der Waals surface area contributed by atoms with E-state index in [-0.39, 0.29) is 7.87 Å². The van der Waals surface area contributed by atoms with Crippen LogP contribution in [0, 0.1) is 0 Å². The maximum absolute atomic E-state index is 7.57. The molecular weight excluding hydrogens is 631 g/mol. The summed E-state index contributed by atoms with van der Waals surface area (Å²) in [6.07, 6.45) is 0. The molecule has 0 aliphatic heterocycles. The molecule has 43 heavy (non-hydrogen) atoms. The van der Waals surface area contributed by atoms with Gasteiger partial charge in [0.25, 0.3) is 0 Å². The first kappa shape index (κ1) is 29.1. The third kappa shape index (κ3) is 7.00. The molecule has 0 N–H and O–H groups in total. The summed E-state index contributed by atoms with van der Waals surface area (Å²) >= 11 is -4.53. The van der Waals surface area contributed by atoms with Crippen LogP contribution in [0.1, 0.15) is 41.2 Å². The normalized spacial score (nSPS) is 11.6. The molecule has 0 heterocycles. The fourth-order valence-electron chi connectivity index (χ4n) is 5.98. The molecule has 6 rings (SSSR count). The molecule has 0 aliphatic carbocycles. The van der Waals surface area contributed by atoms with Gasteiger partial charge in [0.15, 0.2) is 0 Å². The zero-order chi connectivity index (χ0) is 29.2. The van der Waals surface area contributed by atoms with E-state index in [4.69, 9.17) is 6.15 Å². The molecule has 0 aliphatic rings. The van der Waals surface area contributed by atoms with Gasteiger partial charge in [-0.05, 0) is 0 Å². The summed E-state index contributed by atoms with van der Waals surface area (Å²) in [7, 11) is 0. The van der Waals surface area contributed by atoms with Gasteiger partial charge in [0, 0.05) is 0 Å². The van der Waals surface area contributed by atoms with E-state index in [1.165, 1.54) is 22.3 Å². The van der Waals surface area contributed by atoms with Gasteiger partial charge < -0.3 is 0 Å². The van der Waals surface area contributed by atoms with Crippen molar-refractivity contribution in [1.82, 2.24) is 0 Å². The summed E-state index contributed by atoms with van der Waals surface area (Å²) in [4.78, 5) is 0. The van der Waals surface area contributed by atoms with E-state index >= 15 is 0 Å². The first-order valence-electron chi connectivity index (χ1n) is 14.9. The molecule has 0 saturated heterocycles. The van der Waals surface area contributed by atoms with Crippen LogP contribution in [0.5, 0.6) is 0 Å². The Morgan fingerprint density at radius 2 is 0.558 bits per heavy atom. The molecular formula is C40H36O2Sn. The van der Waals surface area contributed by atoms with Crippen molar-refractivity contribution in [3.63, 3.8) is 0 Å². The van der Waals surface area contributed by atoms with Crippen LogP contribution in [-0.2, 0) is 19.4 Å². The van der Waals surface area contributed by atoms with Gasteiger partial charge in [-0.25, -0.2) is 0 Å². The van der Waals surface area contributed by atoms with E-state index in [1.807, 2.05) is 0 Å². The van der Waals surface area contributed by atoms with Crippen LogP contribution >= 0.6 is 0 Å². The average molecular weight is 667 g/mol. The molecule has 0 spiro atoms. The molecule has 0 atom stereocenters. The molecule has 6 aromatic carbocycles. The molecule has 0 bridgehead atoms. The summed E-state index contributed by atoms with van der Waals surface area (Å²) in [5.41, 5.74) is 7.19. The third-order valence-electron chi connectivity index (χ3n) is 7.95. The summed E-state index contributed by atoms with van der Waals surface area (Å²) in [5, 5.41) is 0. The minimum atomic E-state index is -4.53. The van der Waals surface area contributed by atoms with E-state index in [1.54, 1.807) is 0 Å². The fraction of sp³-hybridized carbons (Fsp3) is 0.100. The van der Waals surface area contributed by atoms with Crippen molar-refractivity contribution >= 4 is 19.2 Å². The van der Waals surface area contributed by atoms with Crippen molar-refractivity contribution in [3.8, 4) is 0 Å². The van der Waals surface area contributed by atoms with Crippen molar-refractivity contribution in [2.24, 2.45) is 0 Å². The predicted molar refractivity (Wildman–Crippen MR) is 178 cm³/mol. The third-order valence-corrected chi connectivity index (χ3v) is 19.7. The molecule has 0 aromatic heterocycles. The zero-order valence-electron chi connectivity index (χ0n) is 24.2. The molecule has 0 radical (unpaired) electrons. The van der Waals surface area contributed by atoms with Crippen LogP contribution in [0.3, 0.4) is 0 Å². The van der Waals surface area contributed by atoms with Gasteiger partial charge in [0.05, 0.1) is 0 Å². The quantitative estimate of drug-likeness (QED) is 0.121. The Kier molecular flexibility index (Phi) is 9.81. The molecule has 0 fully saturated rings. The van der Waals surface area contributed by atoms with Crippen LogP contribution in [0.25, 0.3) is 0 Å². The van der Waals surface area contributed by atoms with E-state index in [9.17, 15) is 0 Å². The standard InChI is InChI=1S/2C13H11.2C7H7O.Sn/c2*1-3-7-12(8-4-1)11-13-9-5-2-6-10-13;2*8-6-7-4-2-1-3-5-7;/h2*1-11H;2*1-5H,6H2;/q;;2*-1;+2. The van der Waals surface area contributed by atoms with Crippen molar-refractivity contribution in [1.29, 1.82) is 0 Å². The molecule has 0 saturated carbocycles. The first-order chi connectivity index (χ1) is 21.3. The molecule has 2 nitrogen and oxygen atoms in total. The van der Waals surface area contributed by atoms with Crippen molar-refractivity contribution in [2.45, 2.75) is 21.1 Å². The van der Waals surface area contributed by atoms with Gasteiger partial charge in [0.1, 0.15) is 0 Å². The average Bonchev–Trinajstić information content (AvgIpc) is 3.09. The number of hydrogen-bond acceptors (Lipinski definition) is 2. The van der Waals surface area contributed by atoms with Gasteiger partial charge in [-0.2, -0.15) is 0 Å².